The van der Waals surface area contributed by atoms with Crippen molar-refractivity contribution < 1.29 is 14.3 Å². The van der Waals surface area contributed by atoms with Crippen molar-refractivity contribution >= 4 is 5.71 Å². The van der Waals surface area contributed by atoms with Crippen molar-refractivity contribution in [3.8, 4) is 5.75 Å². The summed E-state index contributed by atoms with van der Waals surface area (Å²) < 4.78 is 10.7. The number of methoxy groups -OCH3 is 1. The van der Waals surface area contributed by atoms with Crippen LogP contribution in [-0.2, 0) is 9.57 Å². The average Bonchev–Trinajstić information content (AvgIpc) is 3.01. The Balaban J connectivity index is 1.84. The van der Waals surface area contributed by atoms with E-state index >= 15 is 0 Å². The Morgan fingerprint density at radius 1 is 1.39 bits per heavy atom. The third-order valence-corrected chi connectivity index (χ3v) is 3.65. The summed E-state index contributed by atoms with van der Waals surface area (Å²) in [5, 5.41) is 4.23. The Kier molecular flexibility index (Phi) is 2.74. The van der Waals surface area contributed by atoms with Crippen molar-refractivity contribution in [2.75, 3.05) is 20.3 Å². The lowest BCUT2D eigenvalue weighted by molar-refractivity contribution is -0.0237. The second-order valence-corrected chi connectivity index (χ2v) is 4.98. The molecular formula is C14H17NO3. The van der Waals surface area contributed by atoms with Gasteiger partial charge in [-0.05, 0) is 18.6 Å². The summed E-state index contributed by atoms with van der Waals surface area (Å²) in [6.07, 6.45) is 1.74. The fourth-order valence-corrected chi connectivity index (χ4v) is 2.48. The lowest BCUT2D eigenvalue weighted by Crippen LogP contribution is -2.29. The van der Waals surface area contributed by atoms with Crippen LogP contribution < -0.4 is 4.74 Å². The van der Waals surface area contributed by atoms with Gasteiger partial charge in [-0.25, -0.2) is 0 Å². The molecular weight excluding hydrogens is 230 g/mol. The number of nitrogens with zero attached hydrogens (tertiary/aromatic N) is 1. The maximum absolute atomic E-state index is 5.59. The molecule has 1 unspecified atom stereocenters. The molecule has 0 N–H and O–H groups in total. The molecule has 1 saturated heterocycles. The molecule has 0 aliphatic carbocycles. The summed E-state index contributed by atoms with van der Waals surface area (Å²) in [5.74, 6) is 0.888. The number of oxime groups is 1. The number of rotatable bonds is 2. The molecule has 0 saturated carbocycles. The van der Waals surface area contributed by atoms with Crippen LogP contribution in [0.2, 0.25) is 0 Å². The van der Waals surface area contributed by atoms with Gasteiger partial charge in [0.25, 0.3) is 0 Å². The van der Waals surface area contributed by atoms with Crippen molar-refractivity contribution in [1.82, 2.24) is 0 Å². The van der Waals surface area contributed by atoms with Crippen molar-refractivity contribution in [2.24, 2.45) is 5.16 Å². The van der Waals surface area contributed by atoms with Gasteiger partial charge in [0.2, 0.25) is 0 Å². The molecule has 0 aromatic heterocycles. The number of benzene rings is 1. The summed E-state index contributed by atoms with van der Waals surface area (Å²) in [6.45, 7) is 3.44. The van der Waals surface area contributed by atoms with E-state index in [1.165, 1.54) is 0 Å². The molecule has 4 heteroatoms. The van der Waals surface area contributed by atoms with Gasteiger partial charge < -0.3 is 14.3 Å². The van der Waals surface area contributed by atoms with E-state index < -0.39 is 0 Å². The molecule has 3 rings (SSSR count). The number of hydrogen-bond acceptors (Lipinski definition) is 4. The zero-order valence-electron chi connectivity index (χ0n) is 10.7. The molecule has 18 heavy (non-hydrogen) atoms. The van der Waals surface area contributed by atoms with E-state index in [1.807, 2.05) is 19.1 Å². The highest BCUT2D eigenvalue weighted by Crippen LogP contribution is 2.34. The van der Waals surface area contributed by atoms with Gasteiger partial charge in [-0.3, -0.25) is 0 Å². The molecule has 2 aliphatic heterocycles. The maximum atomic E-state index is 5.59. The molecule has 1 aromatic carbocycles. The zero-order chi connectivity index (χ0) is 12.6. The first-order valence-corrected chi connectivity index (χ1v) is 6.20. The minimum Gasteiger partial charge on any atom is -0.496 e. The number of ether oxygens (including phenoxy) is 2. The molecule has 0 amide bonds. The van der Waals surface area contributed by atoms with Crippen LogP contribution in [0.15, 0.2) is 23.4 Å². The van der Waals surface area contributed by atoms with Gasteiger partial charge in [0.1, 0.15) is 5.75 Å². The summed E-state index contributed by atoms with van der Waals surface area (Å²) in [5.41, 5.74) is 2.97. The standard InChI is InChI=1S/C14H17NO3/c1-10-3-4-11(7-13(10)16-2)12-8-14(18-15-12)5-6-17-9-14/h3-4,7H,5-6,8-9H2,1-2H3. The Labute approximate surface area is 107 Å². The Hall–Kier alpha value is -1.55. The van der Waals surface area contributed by atoms with E-state index in [0.717, 1.165) is 42.0 Å². The topological polar surface area (TPSA) is 40.0 Å². The van der Waals surface area contributed by atoms with E-state index in [9.17, 15) is 0 Å². The second kappa shape index (κ2) is 4.28. The van der Waals surface area contributed by atoms with Crippen molar-refractivity contribution in [2.45, 2.75) is 25.4 Å². The van der Waals surface area contributed by atoms with Crippen LogP contribution in [0, 0.1) is 6.92 Å². The summed E-state index contributed by atoms with van der Waals surface area (Å²) in [4.78, 5) is 5.59. The highest BCUT2D eigenvalue weighted by Gasteiger charge is 2.43. The average molecular weight is 247 g/mol. The predicted octanol–water partition coefficient (Wildman–Crippen LogP) is 2.29. The van der Waals surface area contributed by atoms with Crippen LogP contribution in [0.4, 0.5) is 0 Å². The Morgan fingerprint density at radius 2 is 2.28 bits per heavy atom. The molecule has 4 nitrogen and oxygen atoms in total. The molecule has 1 spiro atoms. The molecule has 96 valence electrons. The smallest absolute Gasteiger partial charge is 0.168 e. The minimum absolute atomic E-state index is 0.215. The van der Waals surface area contributed by atoms with Crippen molar-refractivity contribution in [3.05, 3.63) is 29.3 Å². The van der Waals surface area contributed by atoms with Crippen molar-refractivity contribution in [3.63, 3.8) is 0 Å². The van der Waals surface area contributed by atoms with E-state index in [4.69, 9.17) is 14.3 Å². The van der Waals surface area contributed by atoms with E-state index in [0.29, 0.717) is 6.61 Å². The third-order valence-electron chi connectivity index (χ3n) is 3.65. The Morgan fingerprint density at radius 3 is 3.00 bits per heavy atom. The van der Waals surface area contributed by atoms with Crippen LogP contribution in [0.3, 0.4) is 0 Å². The Bertz CT molecular complexity index is 490. The van der Waals surface area contributed by atoms with Gasteiger partial charge in [0, 0.05) is 18.4 Å². The molecule has 0 bridgehead atoms. The fraction of sp³-hybridized carbons (Fsp3) is 0.500. The first-order chi connectivity index (χ1) is 8.72. The first kappa shape index (κ1) is 11.5. The SMILES string of the molecule is COc1cc(C2=NOC3(CCOC3)C2)ccc1C. The third kappa shape index (κ3) is 1.86. The van der Waals surface area contributed by atoms with Gasteiger partial charge >= 0.3 is 0 Å². The molecule has 0 radical (unpaired) electrons. The maximum Gasteiger partial charge on any atom is 0.168 e. The monoisotopic (exact) mass is 247 g/mol. The van der Waals surface area contributed by atoms with Crippen LogP contribution >= 0.6 is 0 Å². The minimum atomic E-state index is -0.215. The van der Waals surface area contributed by atoms with Crippen molar-refractivity contribution in [1.29, 1.82) is 0 Å². The number of hydrogen-bond donors (Lipinski definition) is 0. The highest BCUT2D eigenvalue weighted by molar-refractivity contribution is 6.02. The van der Waals surface area contributed by atoms with Gasteiger partial charge in [-0.1, -0.05) is 17.3 Å². The van der Waals surface area contributed by atoms with E-state index in [2.05, 4.69) is 11.2 Å². The van der Waals surface area contributed by atoms with Crippen LogP contribution in [0.25, 0.3) is 0 Å². The summed E-state index contributed by atoms with van der Waals surface area (Å²) >= 11 is 0. The summed E-state index contributed by atoms with van der Waals surface area (Å²) in [6, 6.07) is 6.13. The van der Waals surface area contributed by atoms with E-state index in [1.54, 1.807) is 7.11 Å². The lowest BCUT2D eigenvalue weighted by Gasteiger charge is -2.17. The fourth-order valence-electron chi connectivity index (χ4n) is 2.48. The van der Waals surface area contributed by atoms with Gasteiger partial charge in [0.05, 0.1) is 26.0 Å². The highest BCUT2D eigenvalue weighted by atomic mass is 16.7. The molecule has 2 aliphatic rings. The number of aryl methyl sites for hydroxylation is 1. The second-order valence-electron chi connectivity index (χ2n) is 4.98. The van der Waals surface area contributed by atoms with Gasteiger partial charge in [-0.15, -0.1) is 0 Å². The molecule has 1 aromatic rings. The van der Waals surface area contributed by atoms with Crippen LogP contribution in [-0.4, -0.2) is 31.6 Å². The quantitative estimate of drug-likeness (QED) is 0.805. The lowest BCUT2D eigenvalue weighted by atomic mass is 9.93. The summed E-state index contributed by atoms with van der Waals surface area (Å²) in [7, 11) is 1.69. The molecule has 1 atom stereocenters. The van der Waals surface area contributed by atoms with Crippen LogP contribution in [0.5, 0.6) is 5.75 Å². The zero-order valence-corrected chi connectivity index (χ0v) is 10.7. The predicted molar refractivity (Wildman–Crippen MR) is 68.1 cm³/mol. The largest absolute Gasteiger partial charge is 0.496 e. The first-order valence-electron chi connectivity index (χ1n) is 6.20. The van der Waals surface area contributed by atoms with Gasteiger partial charge in [0.15, 0.2) is 5.60 Å². The normalized spacial score (nSPS) is 26.2. The molecule has 1 fully saturated rings. The van der Waals surface area contributed by atoms with Crippen LogP contribution in [0.1, 0.15) is 24.0 Å². The molecule has 2 heterocycles. The van der Waals surface area contributed by atoms with E-state index in [-0.39, 0.29) is 5.60 Å². The van der Waals surface area contributed by atoms with Gasteiger partial charge in [-0.2, -0.15) is 0 Å².